The predicted octanol–water partition coefficient (Wildman–Crippen LogP) is 4.08. The molecule has 1 aromatic carbocycles. The predicted molar refractivity (Wildman–Crippen MR) is 114 cm³/mol. The van der Waals surface area contributed by atoms with E-state index < -0.39 is 0 Å². The molecule has 0 spiro atoms. The van der Waals surface area contributed by atoms with Gasteiger partial charge in [-0.15, -0.1) is 0 Å². The summed E-state index contributed by atoms with van der Waals surface area (Å²) >= 11 is 0. The minimum atomic E-state index is -0.0522. The number of carbonyl (C=O) groups excluding carboxylic acids is 1. The number of methoxy groups -OCH3 is 1. The van der Waals surface area contributed by atoms with Gasteiger partial charge in [0.2, 0.25) is 5.89 Å². The van der Waals surface area contributed by atoms with Crippen molar-refractivity contribution < 1.29 is 18.4 Å². The molecule has 0 N–H and O–H groups in total. The van der Waals surface area contributed by atoms with E-state index in [0.717, 1.165) is 36.5 Å². The van der Waals surface area contributed by atoms with Crippen LogP contribution in [-0.4, -0.2) is 54.0 Å². The summed E-state index contributed by atoms with van der Waals surface area (Å²) in [6.45, 7) is 10.0. The molecule has 1 saturated heterocycles. The molecule has 7 heteroatoms. The van der Waals surface area contributed by atoms with Gasteiger partial charge >= 0.3 is 0 Å². The zero-order chi connectivity index (χ0) is 21.3. The molecular weight excluding hydrogens is 382 g/mol. The highest BCUT2D eigenvalue weighted by atomic mass is 16.5. The van der Waals surface area contributed by atoms with E-state index in [2.05, 4.69) is 30.7 Å². The number of furan rings is 1. The SMILES string of the molecule is COc1cc(C(=O)N2CCCN(Cc3ncc(C(C)(C)C)o3)CC2)cc2occc12. The number of hydrogen-bond donors (Lipinski definition) is 0. The highest BCUT2D eigenvalue weighted by Gasteiger charge is 2.24. The number of oxazole rings is 1. The van der Waals surface area contributed by atoms with Gasteiger partial charge < -0.3 is 18.5 Å². The van der Waals surface area contributed by atoms with E-state index >= 15 is 0 Å². The summed E-state index contributed by atoms with van der Waals surface area (Å²) in [5.41, 5.74) is 1.20. The molecule has 1 fully saturated rings. The number of carbonyl (C=O) groups is 1. The van der Waals surface area contributed by atoms with E-state index in [9.17, 15) is 4.79 Å². The second kappa shape index (κ2) is 8.14. The Morgan fingerprint density at radius 2 is 2.03 bits per heavy atom. The van der Waals surface area contributed by atoms with Gasteiger partial charge in [-0.2, -0.15) is 0 Å². The van der Waals surface area contributed by atoms with Crippen LogP contribution >= 0.6 is 0 Å². The maximum atomic E-state index is 13.1. The Balaban J connectivity index is 1.43. The third kappa shape index (κ3) is 4.21. The third-order valence-electron chi connectivity index (χ3n) is 5.53. The molecular formula is C23H29N3O4. The normalized spacial score (nSPS) is 16.1. The molecule has 7 nitrogen and oxygen atoms in total. The van der Waals surface area contributed by atoms with Crippen molar-refractivity contribution in [1.29, 1.82) is 0 Å². The van der Waals surface area contributed by atoms with Gasteiger partial charge in [0.15, 0.2) is 0 Å². The highest BCUT2D eigenvalue weighted by Crippen LogP contribution is 2.29. The van der Waals surface area contributed by atoms with Crippen LogP contribution in [0.4, 0.5) is 0 Å². The van der Waals surface area contributed by atoms with Crippen LogP contribution in [0, 0.1) is 0 Å². The lowest BCUT2D eigenvalue weighted by molar-refractivity contribution is 0.0760. The van der Waals surface area contributed by atoms with Gasteiger partial charge in [-0.05, 0) is 24.6 Å². The molecule has 2 aromatic heterocycles. The van der Waals surface area contributed by atoms with E-state index in [1.54, 1.807) is 25.5 Å². The van der Waals surface area contributed by atoms with E-state index in [4.69, 9.17) is 13.6 Å². The average molecular weight is 412 g/mol. The first-order valence-electron chi connectivity index (χ1n) is 10.4. The molecule has 0 bridgehead atoms. The molecule has 1 amide bonds. The summed E-state index contributed by atoms with van der Waals surface area (Å²) in [7, 11) is 1.60. The largest absolute Gasteiger partial charge is 0.496 e. The Bertz CT molecular complexity index is 1030. The molecule has 3 aromatic rings. The number of nitrogens with zero attached hydrogens (tertiary/aromatic N) is 3. The number of rotatable bonds is 4. The fraction of sp³-hybridized carbons (Fsp3) is 0.478. The molecule has 0 atom stereocenters. The van der Waals surface area contributed by atoms with Crippen molar-refractivity contribution in [2.75, 3.05) is 33.3 Å². The monoisotopic (exact) mass is 411 g/mol. The fourth-order valence-corrected chi connectivity index (χ4v) is 3.77. The zero-order valence-corrected chi connectivity index (χ0v) is 18.1. The summed E-state index contributed by atoms with van der Waals surface area (Å²) in [6, 6.07) is 5.44. The molecule has 0 unspecified atom stereocenters. The number of benzene rings is 1. The number of fused-ring (bicyclic) bond motifs is 1. The maximum Gasteiger partial charge on any atom is 0.254 e. The van der Waals surface area contributed by atoms with E-state index in [0.29, 0.717) is 36.5 Å². The maximum absolute atomic E-state index is 13.1. The second-order valence-electron chi connectivity index (χ2n) is 8.80. The summed E-state index contributed by atoms with van der Waals surface area (Å²) in [5.74, 6) is 2.28. The van der Waals surface area contributed by atoms with Gasteiger partial charge in [0.25, 0.3) is 5.91 Å². The third-order valence-corrected chi connectivity index (χ3v) is 5.53. The van der Waals surface area contributed by atoms with E-state index in [-0.39, 0.29) is 11.3 Å². The Labute approximate surface area is 176 Å². The molecule has 3 heterocycles. The van der Waals surface area contributed by atoms with E-state index in [1.165, 1.54) is 0 Å². The van der Waals surface area contributed by atoms with Crippen LogP contribution in [0.2, 0.25) is 0 Å². The molecule has 0 aliphatic carbocycles. The topological polar surface area (TPSA) is 72.0 Å². The molecule has 160 valence electrons. The van der Waals surface area contributed by atoms with Gasteiger partial charge in [0.05, 0.1) is 31.5 Å². The van der Waals surface area contributed by atoms with Gasteiger partial charge in [-0.25, -0.2) is 4.98 Å². The smallest absolute Gasteiger partial charge is 0.254 e. The number of ether oxygens (including phenoxy) is 1. The quantitative estimate of drug-likeness (QED) is 0.644. The van der Waals surface area contributed by atoms with Crippen molar-refractivity contribution in [2.45, 2.75) is 39.2 Å². The first-order valence-corrected chi connectivity index (χ1v) is 10.4. The molecule has 1 aliphatic heterocycles. The molecule has 4 rings (SSSR count). The van der Waals surface area contributed by atoms with Gasteiger partial charge in [-0.1, -0.05) is 20.8 Å². The molecule has 0 saturated carbocycles. The van der Waals surface area contributed by atoms with Crippen LogP contribution < -0.4 is 4.74 Å². The van der Waals surface area contributed by atoms with Crippen molar-refractivity contribution in [2.24, 2.45) is 0 Å². The number of hydrogen-bond acceptors (Lipinski definition) is 6. The molecule has 30 heavy (non-hydrogen) atoms. The first kappa shape index (κ1) is 20.5. The number of aromatic nitrogens is 1. The number of amides is 1. The van der Waals surface area contributed by atoms with Crippen LogP contribution in [0.15, 0.2) is 39.5 Å². The minimum absolute atomic E-state index is 0.000377. The lowest BCUT2D eigenvalue weighted by Gasteiger charge is -2.21. The Morgan fingerprint density at radius 1 is 1.20 bits per heavy atom. The Hall–Kier alpha value is -2.80. The van der Waals surface area contributed by atoms with Crippen LogP contribution in [-0.2, 0) is 12.0 Å². The van der Waals surface area contributed by atoms with Crippen LogP contribution in [0.5, 0.6) is 5.75 Å². The van der Waals surface area contributed by atoms with E-state index in [1.807, 2.05) is 17.2 Å². The van der Waals surface area contributed by atoms with Crippen molar-refractivity contribution in [1.82, 2.24) is 14.8 Å². The summed E-state index contributed by atoms with van der Waals surface area (Å²) < 4.78 is 16.9. The van der Waals surface area contributed by atoms with Crippen LogP contribution in [0.25, 0.3) is 11.0 Å². The lowest BCUT2D eigenvalue weighted by atomic mass is 9.94. The minimum Gasteiger partial charge on any atom is -0.496 e. The first-order chi connectivity index (χ1) is 14.3. The lowest BCUT2D eigenvalue weighted by Crippen LogP contribution is -2.35. The standard InChI is InChI=1S/C23H29N3O4/c1-23(2,3)20-14-24-21(30-20)15-25-7-5-8-26(10-9-25)22(27)16-12-18(28-4)17-6-11-29-19(17)13-16/h6,11-14H,5,7-10,15H2,1-4H3. The second-order valence-corrected chi connectivity index (χ2v) is 8.80. The Morgan fingerprint density at radius 3 is 2.77 bits per heavy atom. The highest BCUT2D eigenvalue weighted by molar-refractivity contribution is 5.99. The van der Waals surface area contributed by atoms with Crippen LogP contribution in [0.1, 0.15) is 49.2 Å². The van der Waals surface area contributed by atoms with Gasteiger partial charge in [-0.3, -0.25) is 9.69 Å². The Kier molecular flexibility index (Phi) is 5.56. The van der Waals surface area contributed by atoms with Crippen molar-refractivity contribution in [3.63, 3.8) is 0 Å². The fourth-order valence-electron chi connectivity index (χ4n) is 3.77. The summed E-state index contributed by atoms with van der Waals surface area (Å²) in [4.78, 5) is 21.8. The molecule has 0 radical (unpaired) electrons. The van der Waals surface area contributed by atoms with Crippen molar-refractivity contribution in [3.8, 4) is 5.75 Å². The van der Waals surface area contributed by atoms with Gasteiger partial charge in [0, 0.05) is 37.2 Å². The summed E-state index contributed by atoms with van der Waals surface area (Å²) in [6.07, 6.45) is 4.33. The van der Waals surface area contributed by atoms with Crippen LogP contribution in [0.3, 0.4) is 0 Å². The molecule has 1 aliphatic rings. The zero-order valence-electron chi connectivity index (χ0n) is 18.1. The van der Waals surface area contributed by atoms with Crippen molar-refractivity contribution in [3.05, 3.63) is 47.9 Å². The summed E-state index contributed by atoms with van der Waals surface area (Å²) in [5, 5.41) is 0.872. The van der Waals surface area contributed by atoms with Crippen molar-refractivity contribution >= 4 is 16.9 Å². The van der Waals surface area contributed by atoms with Gasteiger partial charge in [0.1, 0.15) is 17.1 Å². The average Bonchev–Trinajstić information content (AvgIpc) is 3.32.